The van der Waals surface area contributed by atoms with Gasteiger partial charge in [0.1, 0.15) is 0 Å². The van der Waals surface area contributed by atoms with Crippen LogP contribution in [0.3, 0.4) is 0 Å². The fourth-order valence-electron chi connectivity index (χ4n) is 1.02. The van der Waals surface area contributed by atoms with E-state index in [1.807, 2.05) is 0 Å². The molecule has 0 saturated carbocycles. The van der Waals surface area contributed by atoms with Crippen molar-refractivity contribution in [3.05, 3.63) is 33.8 Å². The van der Waals surface area contributed by atoms with Crippen LogP contribution in [0.2, 0.25) is 5.02 Å². The number of nitrogens with zero attached hydrogens (tertiary/aromatic N) is 1. The van der Waals surface area contributed by atoms with Crippen LogP contribution in [0.1, 0.15) is 1.43 Å². The fraction of sp³-hybridized carbons (Fsp3) is 0. The predicted octanol–water partition coefficient (Wildman–Crippen LogP) is -2.60. The number of carbonyl (C=O) groups is 1. The van der Waals surface area contributed by atoms with Gasteiger partial charge in [0.2, 0.25) is 0 Å². The Balaban J connectivity index is 0.000000720. The molecule has 4 heteroatoms. The minimum absolute atomic E-state index is 0. The molecule has 0 fully saturated rings. The van der Waals surface area contributed by atoms with Crippen LogP contribution in [0.5, 0.6) is 0 Å². The molecule has 0 aromatic heterocycles. The van der Waals surface area contributed by atoms with E-state index in [0.29, 0.717) is 10.4 Å². The van der Waals surface area contributed by atoms with E-state index >= 15 is 0 Å². The molecular formula is C8H5ClNNaO. The number of carbonyl (C=O) groups excluding carboxylic acids is 1. The fourth-order valence-corrected chi connectivity index (χ4v) is 1.19. The number of rotatable bonds is 0. The summed E-state index contributed by atoms with van der Waals surface area (Å²) >= 11 is 5.69. The Hall–Kier alpha value is -0.150. The molecule has 0 bridgehead atoms. The second-order valence-corrected chi connectivity index (χ2v) is 2.73. The monoisotopic (exact) mass is 189 g/mol. The quantitative estimate of drug-likeness (QED) is 0.412. The Morgan fingerprint density at radius 1 is 1.42 bits per heavy atom. The van der Waals surface area contributed by atoms with Gasteiger partial charge < -0.3 is 1.43 Å². The van der Waals surface area contributed by atoms with Crippen LogP contribution < -0.4 is 40.1 Å². The van der Waals surface area contributed by atoms with Gasteiger partial charge in [-0.25, -0.2) is 4.99 Å². The van der Waals surface area contributed by atoms with E-state index in [4.69, 9.17) is 11.6 Å². The predicted molar refractivity (Wildman–Crippen MR) is 42.8 cm³/mol. The number of hydrogen-bond acceptors (Lipinski definition) is 1. The molecule has 0 saturated heterocycles. The summed E-state index contributed by atoms with van der Waals surface area (Å²) in [5.41, 5.74) is 0. The number of fused-ring (bicyclic) bond motifs is 1. The second kappa shape index (κ2) is 3.71. The third-order valence-corrected chi connectivity index (χ3v) is 1.74. The van der Waals surface area contributed by atoms with Crippen molar-refractivity contribution in [2.75, 3.05) is 0 Å². The Bertz CT molecular complexity index is 446. The van der Waals surface area contributed by atoms with Crippen molar-refractivity contribution >= 4 is 23.6 Å². The summed E-state index contributed by atoms with van der Waals surface area (Å²) in [4.78, 5) is 14.5. The molecule has 1 aliphatic rings. The van der Waals surface area contributed by atoms with Gasteiger partial charge in [0.05, 0.1) is 5.36 Å². The summed E-state index contributed by atoms with van der Waals surface area (Å²) in [5, 5.41) is 2.12. The van der Waals surface area contributed by atoms with Crippen LogP contribution in [0, 0.1) is 0 Å². The summed E-state index contributed by atoms with van der Waals surface area (Å²) in [6.45, 7) is 0. The molecule has 0 N–H and O–H groups in total. The van der Waals surface area contributed by atoms with Crippen molar-refractivity contribution in [1.82, 2.24) is 0 Å². The standard InChI is InChI=1S/C8H4ClNO.Na.H/c9-6-2-1-5-3-8(11)10-7(5)4-6;;/h1-4H;;/q;+1;-1. The SMILES string of the molecule is O=C1C=c2ccc(Cl)cc2=N1.[H-].[Na+]. The van der Waals surface area contributed by atoms with Crippen molar-refractivity contribution < 1.29 is 35.8 Å². The first-order valence-electron chi connectivity index (χ1n) is 3.16. The third kappa shape index (κ3) is 1.77. The molecule has 0 spiro atoms. The molecule has 1 aliphatic heterocycles. The van der Waals surface area contributed by atoms with Crippen LogP contribution >= 0.6 is 11.6 Å². The number of halogens is 1. The van der Waals surface area contributed by atoms with Crippen LogP contribution in [0.4, 0.5) is 0 Å². The van der Waals surface area contributed by atoms with Gasteiger partial charge in [-0.2, -0.15) is 0 Å². The van der Waals surface area contributed by atoms with Crippen molar-refractivity contribution in [1.29, 1.82) is 0 Å². The third-order valence-electron chi connectivity index (χ3n) is 1.50. The van der Waals surface area contributed by atoms with E-state index in [1.54, 1.807) is 18.2 Å². The van der Waals surface area contributed by atoms with Crippen LogP contribution in [0.25, 0.3) is 6.08 Å². The van der Waals surface area contributed by atoms with Crippen molar-refractivity contribution in [3.8, 4) is 0 Å². The summed E-state index contributed by atoms with van der Waals surface area (Å²) in [5.74, 6) is -0.206. The number of benzene rings is 1. The molecule has 56 valence electrons. The average molecular weight is 190 g/mol. The second-order valence-electron chi connectivity index (χ2n) is 2.30. The Kier molecular flexibility index (Phi) is 3.07. The molecule has 2 rings (SSSR count). The van der Waals surface area contributed by atoms with E-state index in [1.165, 1.54) is 6.08 Å². The first-order valence-corrected chi connectivity index (χ1v) is 3.53. The first-order chi connectivity index (χ1) is 5.25. The summed E-state index contributed by atoms with van der Waals surface area (Å²) in [6.07, 6.45) is 1.49. The minimum Gasteiger partial charge on any atom is -1.00 e. The molecule has 0 unspecified atom stereocenters. The number of hydrogen-bond donors (Lipinski definition) is 0. The zero-order valence-electron chi connectivity index (χ0n) is 7.54. The van der Waals surface area contributed by atoms with Gasteiger partial charge in [-0.3, -0.25) is 4.79 Å². The minimum atomic E-state index is -0.206. The Morgan fingerprint density at radius 2 is 2.17 bits per heavy atom. The van der Waals surface area contributed by atoms with Gasteiger partial charge in [-0.15, -0.1) is 0 Å². The maximum absolute atomic E-state index is 10.7. The zero-order valence-corrected chi connectivity index (χ0v) is 9.30. The molecular weight excluding hydrogens is 185 g/mol. The van der Waals surface area contributed by atoms with Gasteiger partial charge in [0.15, 0.2) is 0 Å². The van der Waals surface area contributed by atoms with E-state index in [-0.39, 0.29) is 36.9 Å². The van der Waals surface area contributed by atoms with E-state index in [2.05, 4.69) is 4.99 Å². The molecule has 1 heterocycles. The maximum atomic E-state index is 10.7. The Labute approximate surface area is 97.7 Å². The van der Waals surface area contributed by atoms with Gasteiger partial charge in [0, 0.05) is 16.3 Å². The smallest absolute Gasteiger partial charge is 1.00 e. The topological polar surface area (TPSA) is 29.4 Å². The summed E-state index contributed by atoms with van der Waals surface area (Å²) < 4.78 is 0. The molecule has 0 aliphatic carbocycles. The van der Waals surface area contributed by atoms with Crippen molar-refractivity contribution in [3.63, 3.8) is 0 Å². The van der Waals surface area contributed by atoms with Crippen LogP contribution in [-0.2, 0) is 4.79 Å². The molecule has 0 atom stereocenters. The molecule has 12 heavy (non-hydrogen) atoms. The van der Waals surface area contributed by atoms with Crippen LogP contribution in [0.15, 0.2) is 23.2 Å². The van der Waals surface area contributed by atoms with E-state index < -0.39 is 0 Å². The molecule has 0 radical (unpaired) electrons. The summed E-state index contributed by atoms with van der Waals surface area (Å²) in [6, 6.07) is 5.20. The normalized spacial score (nSPS) is 12.6. The largest absolute Gasteiger partial charge is 1.00 e. The van der Waals surface area contributed by atoms with Gasteiger partial charge in [-0.05, 0) is 12.1 Å². The summed E-state index contributed by atoms with van der Waals surface area (Å²) in [7, 11) is 0. The average Bonchev–Trinajstić information content (AvgIpc) is 2.27. The zero-order chi connectivity index (χ0) is 7.84. The Morgan fingerprint density at radius 3 is 2.92 bits per heavy atom. The van der Waals surface area contributed by atoms with E-state index in [9.17, 15) is 4.79 Å². The van der Waals surface area contributed by atoms with Crippen molar-refractivity contribution in [2.45, 2.75) is 0 Å². The van der Waals surface area contributed by atoms with Crippen molar-refractivity contribution in [2.24, 2.45) is 4.99 Å². The van der Waals surface area contributed by atoms with Gasteiger partial charge >= 0.3 is 29.6 Å². The van der Waals surface area contributed by atoms with Crippen LogP contribution in [-0.4, -0.2) is 5.91 Å². The molecule has 1 aromatic carbocycles. The van der Waals surface area contributed by atoms with Gasteiger partial charge in [0.25, 0.3) is 5.91 Å². The molecule has 2 nitrogen and oxygen atoms in total. The van der Waals surface area contributed by atoms with Gasteiger partial charge in [-0.1, -0.05) is 17.7 Å². The molecule has 1 aromatic rings. The number of amides is 1. The van der Waals surface area contributed by atoms with E-state index in [0.717, 1.165) is 5.22 Å². The maximum Gasteiger partial charge on any atom is 1.00 e. The molecule has 1 amide bonds. The first kappa shape index (κ1) is 9.93.